The van der Waals surface area contributed by atoms with Gasteiger partial charge in [-0.2, -0.15) is 9.40 Å². The third kappa shape index (κ3) is 5.81. The van der Waals surface area contributed by atoms with Crippen LogP contribution >= 0.6 is 0 Å². The normalized spacial score (nSPS) is 15.0. The van der Waals surface area contributed by atoms with Gasteiger partial charge in [0, 0.05) is 26.1 Å². The van der Waals surface area contributed by atoms with Crippen molar-refractivity contribution in [1.82, 2.24) is 14.1 Å². The number of aryl methyl sites for hydroxylation is 1. The van der Waals surface area contributed by atoms with Crippen LogP contribution in [0.1, 0.15) is 20.3 Å². The van der Waals surface area contributed by atoms with Crippen molar-refractivity contribution >= 4 is 27.3 Å². The summed E-state index contributed by atoms with van der Waals surface area (Å²) in [6, 6.07) is 4.33. The molecule has 0 atom stereocenters. The molecule has 0 bridgehead atoms. The molecule has 0 saturated carbocycles. The number of morpholine rings is 1. The van der Waals surface area contributed by atoms with Gasteiger partial charge in [0.25, 0.3) is 0 Å². The summed E-state index contributed by atoms with van der Waals surface area (Å²) in [4.78, 5) is 22.7. The summed E-state index contributed by atoms with van der Waals surface area (Å²) in [7, 11) is -3.76. The molecule has 32 heavy (non-hydrogen) atoms. The molecular formula is C19H25N5O7S. The lowest BCUT2D eigenvalue weighted by atomic mass is 10.2. The van der Waals surface area contributed by atoms with Crippen LogP contribution in [0.4, 0.5) is 11.4 Å². The molecule has 13 heteroatoms. The number of benzene rings is 1. The number of sulfonamides is 1. The fourth-order valence-electron chi connectivity index (χ4n) is 3.06. The number of carbonyl (C=O) groups is 1. The number of carbonyl (C=O) groups excluding carboxylic acids is 1. The first-order valence-electron chi connectivity index (χ1n) is 10.0. The predicted octanol–water partition coefficient (Wildman–Crippen LogP) is 1.63. The standard InChI is InChI=1S/C19H25N5O7S/c1-14(2)31-18-4-3-16(32(28,29)23-7-9-30-10-8-23)11-17(18)21-19(25)5-6-22-13-15(12-20-22)24(26)27/h3-4,11-14H,5-10H2,1-2H3,(H,21,25). The number of amides is 1. The maximum Gasteiger partial charge on any atom is 0.306 e. The number of aromatic nitrogens is 2. The van der Waals surface area contributed by atoms with Crippen LogP contribution in [0, 0.1) is 10.1 Å². The third-order valence-electron chi connectivity index (χ3n) is 4.59. The lowest BCUT2D eigenvalue weighted by Crippen LogP contribution is -2.40. The zero-order valence-corrected chi connectivity index (χ0v) is 18.6. The average molecular weight is 468 g/mol. The number of rotatable bonds is 9. The van der Waals surface area contributed by atoms with Gasteiger partial charge < -0.3 is 14.8 Å². The Bertz CT molecular complexity index is 1080. The molecule has 0 unspecified atom stereocenters. The highest BCUT2D eigenvalue weighted by atomic mass is 32.2. The molecule has 174 valence electrons. The zero-order chi connectivity index (χ0) is 23.3. The number of nitrogens with one attached hydrogen (secondary N) is 1. The van der Waals surface area contributed by atoms with Crippen LogP contribution in [0.2, 0.25) is 0 Å². The monoisotopic (exact) mass is 467 g/mol. The third-order valence-corrected chi connectivity index (χ3v) is 6.49. The van der Waals surface area contributed by atoms with Crippen molar-refractivity contribution in [3.8, 4) is 5.75 Å². The van der Waals surface area contributed by atoms with E-state index in [1.54, 1.807) is 0 Å². The van der Waals surface area contributed by atoms with Gasteiger partial charge in [0.2, 0.25) is 15.9 Å². The lowest BCUT2D eigenvalue weighted by Gasteiger charge is -2.26. The summed E-state index contributed by atoms with van der Waals surface area (Å²) in [6.07, 6.45) is 2.11. The Morgan fingerprint density at radius 2 is 2.06 bits per heavy atom. The van der Waals surface area contributed by atoms with Gasteiger partial charge in [0.1, 0.15) is 18.1 Å². The smallest absolute Gasteiger partial charge is 0.306 e. The second-order valence-corrected chi connectivity index (χ2v) is 9.30. The van der Waals surface area contributed by atoms with Crippen molar-refractivity contribution in [3.05, 3.63) is 40.7 Å². The number of hydrogen-bond donors (Lipinski definition) is 1. The molecule has 2 heterocycles. The van der Waals surface area contributed by atoms with E-state index in [1.165, 1.54) is 33.4 Å². The van der Waals surface area contributed by atoms with Crippen LogP contribution in [-0.2, 0) is 26.1 Å². The van der Waals surface area contributed by atoms with Crippen molar-refractivity contribution in [2.24, 2.45) is 0 Å². The zero-order valence-electron chi connectivity index (χ0n) is 17.8. The van der Waals surface area contributed by atoms with E-state index >= 15 is 0 Å². The molecule has 0 aliphatic carbocycles. The van der Waals surface area contributed by atoms with Crippen molar-refractivity contribution in [3.63, 3.8) is 0 Å². The molecule has 1 saturated heterocycles. The number of ether oxygens (including phenoxy) is 2. The van der Waals surface area contributed by atoms with Crippen LogP contribution in [0.3, 0.4) is 0 Å². The first-order chi connectivity index (χ1) is 15.2. The Balaban J connectivity index is 1.76. The molecule has 12 nitrogen and oxygen atoms in total. The quantitative estimate of drug-likeness (QED) is 0.432. The van der Waals surface area contributed by atoms with Gasteiger partial charge in [-0.25, -0.2) is 8.42 Å². The van der Waals surface area contributed by atoms with Crippen molar-refractivity contribution < 1.29 is 27.6 Å². The van der Waals surface area contributed by atoms with Gasteiger partial charge in [-0.3, -0.25) is 19.6 Å². The number of hydrogen-bond acceptors (Lipinski definition) is 8. The van der Waals surface area contributed by atoms with Crippen LogP contribution < -0.4 is 10.1 Å². The molecule has 3 rings (SSSR count). The lowest BCUT2D eigenvalue weighted by molar-refractivity contribution is -0.385. The Kier molecular flexibility index (Phi) is 7.43. The summed E-state index contributed by atoms with van der Waals surface area (Å²) in [5.74, 6) is -0.0818. The topological polar surface area (TPSA) is 146 Å². The van der Waals surface area contributed by atoms with E-state index in [9.17, 15) is 23.3 Å². The first-order valence-corrected chi connectivity index (χ1v) is 11.5. The van der Waals surface area contributed by atoms with Crippen LogP contribution in [0.15, 0.2) is 35.5 Å². The van der Waals surface area contributed by atoms with E-state index in [2.05, 4.69) is 10.4 Å². The summed E-state index contributed by atoms with van der Waals surface area (Å²) < 4.78 is 39.5. The number of nitrogens with zero attached hydrogens (tertiary/aromatic N) is 4. The van der Waals surface area contributed by atoms with Gasteiger partial charge in [0.15, 0.2) is 0 Å². The van der Waals surface area contributed by atoms with Gasteiger partial charge >= 0.3 is 5.69 Å². The summed E-state index contributed by atoms with van der Waals surface area (Å²) in [5.41, 5.74) is 0.0588. The molecular weight excluding hydrogens is 442 g/mol. The Morgan fingerprint density at radius 3 is 2.69 bits per heavy atom. The van der Waals surface area contributed by atoms with E-state index in [0.717, 1.165) is 6.20 Å². The van der Waals surface area contributed by atoms with Gasteiger partial charge in [-0.05, 0) is 32.0 Å². The van der Waals surface area contributed by atoms with E-state index in [0.29, 0.717) is 19.0 Å². The first kappa shape index (κ1) is 23.6. The number of nitro groups is 1. The molecule has 1 aromatic heterocycles. The fourth-order valence-corrected chi connectivity index (χ4v) is 4.49. The number of anilines is 1. The molecule has 0 radical (unpaired) electrons. The van der Waals surface area contributed by atoms with Gasteiger partial charge in [0.05, 0.1) is 34.8 Å². The van der Waals surface area contributed by atoms with E-state index in [4.69, 9.17) is 9.47 Å². The van der Waals surface area contributed by atoms with E-state index < -0.39 is 20.9 Å². The summed E-state index contributed by atoms with van der Waals surface area (Å²) >= 11 is 0. The van der Waals surface area contributed by atoms with Gasteiger partial charge in [-0.1, -0.05) is 0 Å². The second-order valence-electron chi connectivity index (χ2n) is 7.36. The van der Waals surface area contributed by atoms with Crippen LogP contribution in [0.25, 0.3) is 0 Å². The summed E-state index contributed by atoms with van der Waals surface area (Å²) in [5, 5.41) is 17.3. The Morgan fingerprint density at radius 1 is 1.34 bits per heavy atom. The molecule has 1 aliphatic heterocycles. The van der Waals surface area contributed by atoms with Crippen LogP contribution in [-0.4, -0.2) is 65.7 Å². The van der Waals surface area contributed by atoms with Gasteiger partial charge in [-0.15, -0.1) is 0 Å². The fraction of sp³-hybridized carbons (Fsp3) is 0.474. The molecule has 1 aromatic carbocycles. The van der Waals surface area contributed by atoms with Crippen molar-refractivity contribution in [1.29, 1.82) is 0 Å². The molecule has 1 amide bonds. The maximum absolute atomic E-state index is 13.0. The Hall–Kier alpha value is -3.03. The Labute approximate surface area is 185 Å². The predicted molar refractivity (Wildman–Crippen MR) is 114 cm³/mol. The minimum Gasteiger partial charge on any atom is -0.489 e. The highest BCUT2D eigenvalue weighted by Gasteiger charge is 2.27. The molecule has 1 N–H and O–H groups in total. The van der Waals surface area contributed by atoms with E-state index in [-0.39, 0.29) is 48.4 Å². The maximum atomic E-state index is 13.0. The minimum atomic E-state index is -3.76. The minimum absolute atomic E-state index is 0.0274. The molecule has 0 spiro atoms. The van der Waals surface area contributed by atoms with Crippen LogP contribution in [0.5, 0.6) is 5.75 Å². The SMILES string of the molecule is CC(C)Oc1ccc(S(=O)(=O)N2CCOCC2)cc1NC(=O)CCn1cc([N+](=O)[O-])cn1. The molecule has 1 aliphatic rings. The second kappa shape index (κ2) is 10.1. The van der Waals surface area contributed by atoms with Crippen molar-refractivity contribution in [2.45, 2.75) is 37.8 Å². The highest BCUT2D eigenvalue weighted by Crippen LogP contribution is 2.30. The largest absolute Gasteiger partial charge is 0.489 e. The van der Waals surface area contributed by atoms with E-state index in [1.807, 2.05) is 13.8 Å². The average Bonchev–Trinajstić information content (AvgIpc) is 3.23. The summed E-state index contributed by atoms with van der Waals surface area (Å²) in [6.45, 7) is 4.90. The molecule has 1 fully saturated rings. The molecule has 2 aromatic rings. The highest BCUT2D eigenvalue weighted by molar-refractivity contribution is 7.89. The van der Waals surface area contributed by atoms with Crippen molar-refractivity contribution in [2.75, 3.05) is 31.6 Å².